The van der Waals surface area contributed by atoms with Crippen molar-refractivity contribution in [3.8, 4) is 0 Å². The van der Waals surface area contributed by atoms with Crippen LogP contribution in [0.5, 0.6) is 0 Å². The van der Waals surface area contributed by atoms with Gasteiger partial charge in [0.05, 0.1) is 18.2 Å². The summed E-state index contributed by atoms with van der Waals surface area (Å²) in [4.78, 5) is 13.2. The van der Waals surface area contributed by atoms with Crippen LogP contribution in [0.4, 0.5) is 23.2 Å². The molecule has 1 heterocycles. The van der Waals surface area contributed by atoms with Gasteiger partial charge in [0.2, 0.25) is 5.91 Å². The lowest BCUT2D eigenvalue weighted by atomic mass is 10.1. The molecule has 0 aliphatic rings. The average molecular weight is 408 g/mol. The van der Waals surface area contributed by atoms with E-state index in [-0.39, 0.29) is 24.1 Å². The molecule has 1 aromatic heterocycles. The number of anilines is 1. The van der Waals surface area contributed by atoms with E-state index in [1.54, 1.807) is 12.1 Å². The zero-order valence-electron chi connectivity index (χ0n) is 14.5. The predicted octanol–water partition coefficient (Wildman–Crippen LogP) is 5.22. The van der Waals surface area contributed by atoms with E-state index in [2.05, 4.69) is 10.6 Å². The molecular formula is C20H16F4N2OS. The fraction of sp³-hybridized carbons (Fsp3) is 0.150. The molecular weight excluding hydrogens is 392 g/mol. The number of nitrogens with one attached hydrogen (secondary N) is 2. The van der Waals surface area contributed by atoms with E-state index in [0.717, 1.165) is 22.6 Å². The summed E-state index contributed by atoms with van der Waals surface area (Å²) in [6.45, 7) is -0.0685. The molecule has 0 aliphatic carbocycles. The molecule has 8 heteroatoms. The molecule has 1 amide bonds. The van der Waals surface area contributed by atoms with Crippen molar-refractivity contribution in [1.82, 2.24) is 5.32 Å². The van der Waals surface area contributed by atoms with E-state index in [9.17, 15) is 22.4 Å². The second-order valence-corrected chi connectivity index (χ2v) is 6.98. The fourth-order valence-corrected chi connectivity index (χ4v) is 3.46. The summed E-state index contributed by atoms with van der Waals surface area (Å²) in [5.41, 5.74) is 0.290. The number of carbonyl (C=O) groups excluding carboxylic acids is 1. The molecule has 0 spiro atoms. The molecule has 0 fully saturated rings. The highest BCUT2D eigenvalue weighted by molar-refractivity contribution is 7.10. The zero-order chi connectivity index (χ0) is 20.1. The highest BCUT2D eigenvalue weighted by Crippen LogP contribution is 2.30. The molecule has 0 saturated carbocycles. The topological polar surface area (TPSA) is 41.1 Å². The van der Waals surface area contributed by atoms with Crippen molar-refractivity contribution in [2.45, 2.75) is 12.2 Å². The van der Waals surface area contributed by atoms with Gasteiger partial charge < -0.3 is 5.32 Å². The summed E-state index contributed by atoms with van der Waals surface area (Å²) in [6, 6.07) is 13.7. The molecule has 3 nitrogen and oxygen atoms in total. The Morgan fingerprint density at radius 1 is 1.00 bits per heavy atom. The van der Waals surface area contributed by atoms with Crippen LogP contribution in [0, 0.1) is 5.82 Å². The van der Waals surface area contributed by atoms with Gasteiger partial charge in [-0.1, -0.05) is 18.2 Å². The highest BCUT2D eigenvalue weighted by Gasteiger charge is 2.30. The lowest BCUT2D eigenvalue weighted by Crippen LogP contribution is -2.31. The minimum absolute atomic E-state index is 0.0685. The Morgan fingerprint density at radius 3 is 2.25 bits per heavy atom. The number of thiophene rings is 1. The second-order valence-electron chi connectivity index (χ2n) is 6.00. The van der Waals surface area contributed by atoms with Crippen LogP contribution in [0.15, 0.2) is 66.0 Å². The molecule has 3 aromatic rings. The summed E-state index contributed by atoms with van der Waals surface area (Å²) in [5, 5.41) is 7.56. The highest BCUT2D eigenvalue weighted by atomic mass is 32.1. The van der Waals surface area contributed by atoms with Crippen LogP contribution >= 0.6 is 11.3 Å². The maximum atomic E-state index is 13.2. The lowest BCUT2D eigenvalue weighted by Gasteiger charge is -2.18. The number of rotatable bonds is 6. The number of carbonyl (C=O) groups is 1. The third kappa shape index (κ3) is 5.17. The van der Waals surface area contributed by atoms with Crippen LogP contribution in [0.3, 0.4) is 0 Å². The Bertz CT molecular complexity index is 907. The van der Waals surface area contributed by atoms with Crippen LogP contribution in [-0.4, -0.2) is 12.5 Å². The number of hydrogen-bond donors (Lipinski definition) is 2. The third-order valence-corrected chi connectivity index (χ3v) is 4.93. The van der Waals surface area contributed by atoms with Crippen molar-refractivity contribution in [3.05, 3.63) is 87.9 Å². The number of amides is 1. The first kappa shape index (κ1) is 20.0. The summed E-state index contributed by atoms with van der Waals surface area (Å²) < 4.78 is 51.0. The van der Waals surface area contributed by atoms with Crippen molar-refractivity contribution >= 4 is 22.9 Å². The number of hydrogen-bond acceptors (Lipinski definition) is 3. The first-order valence-electron chi connectivity index (χ1n) is 8.32. The third-order valence-electron chi connectivity index (χ3n) is 3.99. The summed E-state index contributed by atoms with van der Waals surface area (Å²) in [6.07, 6.45) is -4.42. The van der Waals surface area contributed by atoms with Crippen molar-refractivity contribution in [2.75, 3.05) is 11.9 Å². The Morgan fingerprint density at radius 2 is 1.68 bits per heavy atom. The van der Waals surface area contributed by atoms with Crippen LogP contribution in [0.2, 0.25) is 0 Å². The van der Waals surface area contributed by atoms with Crippen LogP contribution < -0.4 is 10.6 Å². The lowest BCUT2D eigenvalue weighted by molar-refractivity contribution is -0.137. The van der Waals surface area contributed by atoms with Gasteiger partial charge in [-0.25, -0.2) is 4.39 Å². The Balaban J connectivity index is 1.64. The smallest absolute Gasteiger partial charge is 0.325 e. The van der Waals surface area contributed by atoms with Gasteiger partial charge in [0.15, 0.2) is 0 Å². The standard InChI is InChI=1S/C20H16F4N2OS/c21-15-7-3-13(4-8-15)19(17-2-1-11-28-17)25-12-18(27)26-16-9-5-14(6-10-16)20(22,23)24/h1-11,19,25H,12H2,(H,26,27). The van der Waals surface area contributed by atoms with Gasteiger partial charge in [-0.05, 0) is 53.4 Å². The molecule has 0 radical (unpaired) electrons. The Kier molecular flexibility index (Phi) is 6.11. The van der Waals surface area contributed by atoms with Gasteiger partial charge >= 0.3 is 6.18 Å². The van der Waals surface area contributed by atoms with E-state index < -0.39 is 17.6 Å². The van der Waals surface area contributed by atoms with E-state index in [4.69, 9.17) is 0 Å². The monoisotopic (exact) mass is 408 g/mol. The minimum Gasteiger partial charge on any atom is -0.325 e. The second kappa shape index (κ2) is 8.53. The predicted molar refractivity (Wildman–Crippen MR) is 101 cm³/mol. The maximum absolute atomic E-state index is 13.2. The van der Waals surface area contributed by atoms with E-state index in [1.807, 2.05) is 17.5 Å². The molecule has 1 unspecified atom stereocenters. The van der Waals surface area contributed by atoms with Gasteiger partial charge in [0.1, 0.15) is 5.82 Å². The van der Waals surface area contributed by atoms with Crippen molar-refractivity contribution in [3.63, 3.8) is 0 Å². The van der Waals surface area contributed by atoms with Crippen LogP contribution in [0.25, 0.3) is 0 Å². The first-order valence-corrected chi connectivity index (χ1v) is 9.20. The Labute approximate surface area is 163 Å². The molecule has 146 valence electrons. The normalized spacial score (nSPS) is 12.6. The molecule has 0 bridgehead atoms. The van der Waals surface area contributed by atoms with Gasteiger partial charge in [-0.3, -0.25) is 10.1 Å². The van der Waals surface area contributed by atoms with E-state index >= 15 is 0 Å². The van der Waals surface area contributed by atoms with Crippen molar-refractivity contribution in [2.24, 2.45) is 0 Å². The largest absolute Gasteiger partial charge is 0.416 e. The molecule has 0 saturated heterocycles. The molecule has 2 N–H and O–H groups in total. The minimum atomic E-state index is -4.42. The van der Waals surface area contributed by atoms with Gasteiger partial charge in [0.25, 0.3) is 0 Å². The average Bonchev–Trinajstić information content (AvgIpc) is 3.17. The van der Waals surface area contributed by atoms with Crippen LogP contribution in [-0.2, 0) is 11.0 Å². The summed E-state index contributed by atoms with van der Waals surface area (Å²) in [5.74, 6) is -0.753. The fourth-order valence-electron chi connectivity index (χ4n) is 2.64. The molecule has 2 aromatic carbocycles. The van der Waals surface area contributed by atoms with Crippen molar-refractivity contribution < 1.29 is 22.4 Å². The summed E-state index contributed by atoms with van der Waals surface area (Å²) in [7, 11) is 0. The molecule has 3 rings (SSSR count). The SMILES string of the molecule is O=C(CNC(c1ccc(F)cc1)c1cccs1)Nc1ccc(C(F)(F)F)cc1. The first-order chi connectivity index (χ1) is 13.3. The molecule has 1 atom stereocenters. The Hall–Kier alpha value is -2.71. The summed E-state index contributed by atoms with van der Waals surface area (Å²) >= 11 is 1.50. The van der Waals surface area contributed by atoms with Crippen molar-refractivity contribution in [1.29, 1.82) is 0 Å². The van der Waals surface area contributed by atoms with E-state index in [0.29, 0.717) is 0 Å². The molecule has 28 heavy (non-hydrogen) atoms. The van der Waals surface area contributed by atoms with Gasteiger partial charge in [0, 0.05) is 10.6 Å². The molecule has 0 aliphatic heterocycles. The maximum Gasteiger partial charge on any atom is 0.416 e. The van der Waals surface area contributed by atoms with Crippen LogP contribution in [0.1, 0.15) is 22.0 Å². The van der Waals surface area contributed by atoms with E-state index in [1.165, 1.54) is 35.6 Å². The number of alkyl halides is 3. The number of benzene rings is 2. The zero-order valence-corrected chi connectivity index (χ0v) is 15.3. The van der Waals surface area contributed by atoms with Gasteiger partial charge in [-0.15, -0.1) is 11.3 Å². The van der Waals surface area contributed by atoms with Gasteiger partial charge in [-0.2, -0.15) is 13.2 Å². The quantitative estimate of drug-likeness (QED) is 0.549. The number of halogens is 4.